The molecular formula is C25H18ClNO5. The number of hydrogen-bond donors (Lipinski definition) is 1. The van der Waals surface area contributed by atoms with E-state index in [-0.39, 0.29) is 11.1 Å². The van der Waals surface area contributed by atoms with Gasteiger partial charge in [0.2, 0.25) is 5.78 Å². The Balaban J connectivity index is 1.71. The zero-order valence-corrected chi connectivity index (χ0v) is 17.8. The summed E-state index contributed by atoms with van der Waals surface area (Å²) in [6, 6.07) is 19.4. The Kier molecular flexibility index (Phi) is 5.88. The number of ether oxygens (including phenoxy) is 1. The number of fused-ring (bicyclic) bond motifs is 1. The number of benzene rings is 3. The van der Waals surface area contributed by atoms with Crippen molar-refractivity contribution in [3.05, 3.63) is 100 Å². The van der Waals surface area contributed by atoms with Crippen LogP contribution < -0.4 is 5.32 Å². The van der Waals surface area contributed by atoms with E-state index in [0.29, 0.717) is 21.8 Å². The Morgan fingerprint density at radius 2 is 1.66 bits per heavy atom. The summed E-state index contributed by atoms with van der Waals surface area (Å²) >= 11 is 5.95. The molecule has 1 aliphatic rings. The molecule has 1 N–H and O–H groups in total. The van der Waals surface area contributed by atoms with Crippen molar-refractivity contribution in [2.24, 2.45) is 5.92 Å². The second kappa shape index (κ2) is 8.77. The van der Waals surface area contributed by atoms with Crippen LogP contribution in [0.3, 0.4) is 0 Å². The number of anilines is 1. The first-order chi connectivity index (χ1) is 15.4. The van der Waals surface area contributed by atoms with Gasteiger partial charge in [-0.1, -0.05) is 60.1 Å². The number of Topliss-reactive ketones (excluding diaryl/α,β-unsaturated/α-hetero) is 2. The second-order valence-electron chi connectivity index (χ2n) is 7.40. The van der Waals surface area contributed by atoms with Gasteiger partial charge in [-0.25, -0.2) is 4.79 Å². The van der Waals surface area contributed by atoms with Crippen molar-refractivity contribution < 1.29 is 23.9 Å². The van der Waals surface area contributed by atoms with Crippen LogP contribution in [0, 0.1) is 12.8 Å². The summed E-state index contributed by atoms with van der Waals surface area (Å²) in [5, 5.41) is 3.03. The number of rotatable bonds is 6. The van der Waals surface area contributed by atoms with Gasteiger partial charge >= 0.3 is 5.97 Å². The minimum atomic E-state index is -1.53. The molecule has 0 aromatic heterocycles. The van der Waals surface area contributed by atoms with Crippen molar-refractivity contribution >= 4 is 40.7 Å². The van der Waals surface area contributed by atoms with Crippen molar-refractivity contribution in [1.82, 2.24) is 0 Å². The summed E-state index contributed by atoms with van der Waals surface area (Å²) in [5.41, 5.74) is 1.95. The molecular weight excluding hydrogens is 430 g/mol. The lowest BCUT2D eigenvalue weighted by atomic mass is 9.84. The fraction of sp³-hybridized carbons (Fsp3) is 0.120. The molecule has 1 aliphatic heterocycles. The zero-order valence-electron chi connectivity index (χ0n) is 17.0. The first kappa shape index (κ1) is 21.5. The summed E-state index contributed by atoms with van der Waals surface area (Å²) in [4.78, 5) is 51.9. The number of carbonyl (C=O) groups excluding carboxylic acids is 4. The number of amides is 1. The Labute approximate surface area is 189 Å². The third kappa shape index (κ3) is 4.05. The summed E-state index contributed by atoms with van der Waals surface area (Å²) in [6.07, 6.45) is -1.20. The van der Waals surface area contributed by atoms with Gasteiger partial charge in [0.15, 0.2) is 5.78 Å². The predicted molar refractivity (Wildman–Crippen MR) is 119 cm³/mol. The van der Waals surface area contributed by atoms with Crippen LogP contribution >= 0.6 is 11.6 Å². The molecule has 0 fully saturated rings. The second-order valence-corrected chi connectivity index (χ2v) is 7.84. The molecule has 0 spiro atoms. The fourth-order valence-electron chi connectivity index (χ4n) is 3.69. The van der Waals surface area contributed by atoms with Crippen LogP contribution in [0.5, 0.6) is 0 Å². The zero-order chi connectivity index (χ0) is 22.8. The molecule has 0 radical (unpaired) electrons. The lowest BCUT2D eigenvalue weighted by Gasteiger charge is -2.21. The summed E-state index contributed by atoms with van der Waals surface area (Å²) < 4.78 is 5.42. The van der Waals surface area contributed by atoms with Gasteiger partial charge in [-0.05, 0) is 36.8 Å². The molecule has 4 rings (SSSR count). The molecule has 6 nitrogen and oxygen atoms in total. The average molecular weight is 448 g/mol. The van der Waals surface area contributed by atoms with Gasteiger partial charge in [0, 0.05) is 21.8 Å². The molecule has 32 heavy (non-hydrogen) atoms. The highest BCUT2D eigenvalue weighted by Crippen LogP contribution is 2.38. The topological polar surface area (TPSA) is 89.5 Å². The van der Waals surface area contributed by atoms with Crippen LogP contribution in [0.15, 0.2) is 72.8 Å². The number of cyclic esters (lactones) is 1. The number of esters is 1. The number of aryl methyl sites for hydroxylation is 1. The number of ketones is 2. The molecule has 0 saturated heterocycles. The molecule has 7 heteroatoms. The molecule has 0 bridgehead atoms. The van der Waals surface area contributed by atoms with Gasteiger partial charge in [0.25, 0.3) is 5.91 Å². The SMILES string of the molecule is Cc1cc(Cl)ccc1NC(=O)C(=O)[C@@H](C(=O)c1ccccc1)[C@@H]1OC(=O)c2ccccc21. The quantitative estimate of drug-likeness (QED) is 0.259. The van der Waals surface area contributed by atoms with Crippen LogP contribution in [0.2, 0.25) is 5.02 Å². The van der Waals surface area contributed by atoms with E-state index >= 15 is 0 Å². The minimum absolute atomic E-state index is 0.238. The molecule has 160 valence electrons. The van der Waals surface area contributed by atoms with Gasteiger partial charge in [0.05, 0.1) is 5.56 Å². The molecule has 0 unspecified atom stereocenters. The molecule has 0 saturated carbocycles. The lowest BCUT2D eigenvalue weighted by Crippen LogP contribution is -2.38. The van der Waals surface area contributed by atoms with Crippen molar-refractivity contribution in [2.45, 2.75) is 13.0 Å². The number of hydrogen-bond acceptors (Lipinski definition) is 5. The number of carbonyl (C=O) groups is 4. The van der Waals surface area contributed by atoms with Crippen molar-refractivity contribution in [1.29, 1.82) is 0 Å². The first-order valence-electron chi connectivity index (χ1n) is 9.87. The van der Waals surface area contributed by atoms with Gasteiger partial charge in [-0.2, -0.15) is 0 Å². The van der Waals surface area contributed by atoms with Gasteiger partial charge in [-0.15, -0.1) is 0 Å². The van der Waals surface area contributed by atoms with E-state index in [1.165, 1.54) is 0 Å². The smallest absolute Gasteiger partial charge is 0.339 e. The molecule has 1 heterocycles. The number of halogens is 1. The maximum atomic E-state index is 13.3. The molecule has 3 aromatic rings. The van der Waals surface area contributed by atoms with Crippen molar-refractivity contribution in [3.63, 3.8) is 0 Å². The van der Waals surface area contributed by atoms with Gasteiger partial charge in [-0.3, -0.25) is 14.4 Å². The largest absolute Gasteiger partial charge is 0.453 e. The highest BCUT2D eigenvalue weighted by molar-refractivity contribution is 6.45. The Bertz CT molecular complexity index is 1240. The van der Waals surface area contributed by atoms with E-state index in [2.05, 4.69) is 5.32 Å². The van der Waals surface area contributed by atoms with Gasteiger partial charge < -0.3 is 10.1 Å². The standard InChI is InChI=1S/C25H18ClNO5/c1-14-13-16(26)11-12-19(14)27-24(30)22(29)20(21(28)15-7-3-2-4-8-15)23-17-9-5-6-10-18(17)25(31)32-23/h2-13,20,23H,1H3,(H,27,30)/t20-,23-/m1/s1. The monoisotopic (exact) mass is 447 g/mol. The number of nitrogens with one attached hydrogen (secondary N) is 1. The first-order valence-corrected chi connectivity index (χ1v) is 10.2. The van der Waals surface area contributed by atoms with Crippen LogP contribution in [0.25, 0.3) is 0 Å². The Morgan fingerprint density at radius 1 is 0.969 bits per heavy atom. The molecule has 2 atom stereocenters. The predicted octanol–water partition coefficient (Wildman–Crippen LogP) is 4.57. The Hall–Kier alpha value is -3.77. The van der Waals surface area contributed by atoms with E-state index < -0.39 is 35.5 Å². The third-order valence-electron chi connectivity index (χ3n) is 5.31. The maximum Gasteiger partial charge on any atom is 0.339 e. The van der Waals surface area contributed by atoms with Crippen LogP contribution in [0.4, 0.5) is 5.69 Å². The highest BCUT2D eigenvalue weighted by atomic mass is 35.5. The highest BCUT2D eigenvalue weighted by Gasteiger charge is 2.46. The van der Waals surface area contributed by atoms with E-state index in [9.17, 15) is 19.2 Å². The average Bonchev–Trinajstić information content (AvgIpc) is 3.12. The van der Waals surface area contributed by atoms with Gasteiger partial charge in [0.1, 0.15) is 12.0 Å². The molecule has 0 aliphatic carbocycles. The lowest BCUT2D eigenvalue weighted by molar-refractivity contribution is -0.138. The van der Waals surface area contributed by atoms with Crippen LogP contribution in [0.1, 0.15) is 37.9 Å². The molecule has 1 amide bonds. The third-order valence-corrected chi connectivity index (χ3v) is 5.54. The van der Waals surface area contributed by atoms with Crippen molar-refractivity contribution in [2.75, 3.05) is 5.32 Å². The summed E-state index contributed by atoms with van der Waals surface area (Å²) in [5.74, 6) is -4.75. The molecule has 3 aromatic carbocycles. The van der Waals surface area contributed by atoms with Crippen molar-refractivity contribution in [3.8, 4) is 0 Å². The summed E-state index contributed by atoms with van der Waals surface area (Å²) in [6.45, 7) is 1.73. The van der Waals surface area contributed by atoms with E-state index in [0.717, 1.165) is 0 Å². The van der Waals surface area contributed by atoms with Crippen LogP contribution in [-0.4, -0.2) is 23.4 Å². The van der Waals surface area contributed by atoms with E-state index in [1.807, 2.05) is 0 Å². The maximum absolute atomic E-state index is 13.3. The van der Waals surface area contributed by atoms with E-state index in [4.69, 9.17) is 16.3 Å². The normalized spacial score (nSPS) is 15.4. The van der Waals surface area contributed by atoms with Crippen LogP contribution in [-0.2, 0) is 14.3 Å². The fourth-order valence-corrected chi connectivity index (χ4v) is 3.92. The Morgan fingerprint density at radius 3 is 2.38 bits per heavy atom. The minimum Gasteiger partial charge on any atom is -0.453 e. The summed E-state index contributed by atoms with van der Waals surface area (Å²) in [7, 11) is 0. The van der Waals surface area contributed by atoms with E-state index in [1.54, 1.807) is 79.7 Å².